The van der Waals surface area contributed by atoms with E-state index in [2.05, 4.69) is 4.98 Å². The molecule has 0 amide bonds. The second kappa shape index (κ2) is 6.61. The zero-order valence-electron chi connectivity index (χ0n) is 11.2. The molecule has 2 rings (SSSR count). The zero-order valence-corrected chi connectivity index (χ0v) is 11.2. The summed E-state index contributed by atoms with van der Waals surface area (Å²) >= 11 is 0. The molecule has 0 saturated heterocycles. The third-order valence-electron chi connectivity index (χ3n) is 2.94. The molecule has 4 nitrogen and oxygen atoms in total. The van der Waals surface area contributed by atoms with Crippen molar-refractivity contribution < 1.29 is 14.3 Å². The van der Waals surface area contributed by atoms with Crippen LogP contribution in [0.2, 0.25) is 0 Å². The van der Waals surface area contributed by atoms with Crippen molar-refractivity contribution in [3.63, 3.8) is 0 Å². The van der Waals surface area contributed by atoms with Gasteiger partial charge >= 0.3 is 0 Å². The molecule has 0 fully saturated rings. The van der Waals surface area contributed by atoms with Crippen LogP contribution >= 0.6 is 0 Å². The number of methoxy groups -OCH3 is 1. The maximum absolute atomic E-state index is 12.1. The molecular formula is C16H15NO3. The third kappa shape index (κ3) is 3.29. The number of carbonyl (C=O) groups excluding carboxylic acids is 2. The third-order valence-corrected chi connectivity index (χ3v) is 2.94. The Bertz CT molecular complexity index is 608. The molecule has 1 aromatic heterocycles. The first-order valence-electron chi connectivity index (χ1n) is 6.33. The highest BCUT2D eigenvalue weighted by molar-refractivity contribution is 6.02. The molecule has 0 unspecified atom stereocenters. The molecule has 0 aliphatic carbocycles. The number of hydrogen-bond donors (Lipinski definition) is 0. The molecule has 0 saturated carbocycles. The number of benzene rings is 1. The molecule has 0 radical (unpaired) electrons. The van der Waals surface area contributed by atoms with Crippen LogP contribution in [0.5, 0.6) is 5.75 Å². The van der Waals surface area contributed by atoms with Crippen LogP contribution in [-0.2, 0) is 0 Å². The summed E-state index contributed by atoms with van der Waals surface area (Å²) in [6.45, 7) is 0. The fraction of sp³-hybridized carbons (Fsp3) is 0.188. The van der Waals surface area contributed by atoms with Gasteiger partial charge in [-0.2, -0.15) is 0 Å². The summed E-state index contributed by atoms with van der Waals surface area (Å²) in [7, 11) is 1.52. The minimum Gasteiger partial charge on any atom is -0.496 e. The van der Waals surface area contributed by atoms with E-state index >= 15 is 0 Å². The smallest absolute Gasteiger partial charge is 0.181 e. The number of Topliss-reactive ketones (excluding diaryl/α,β-unsaturated/α-hetero) is 2. The van der Waals surface area contributed by atoms with Gasteiger partial charge in [0.15, 0.2) is 11.6 Å². The Kier molecular flexibility index (Phi) is 4.60. The van der Waals surface area contributed by atoms with E-state index in [1.807, 2.05) is 0 Å². The molecule has 0 N–H and O–H groups in total. The van der Waals surface area contributed by atoms with Gasteiger partial charge in [-0.05, 0) is 24.3 Å². The predicted molar refractivity (Wildman–Crippen MR) is 75.1 cm³/mol. The Labute approximate surface area is 117 Å². The lowest BCUT2D eigenvalue weighted by Crippen LogP contribution is -2.07. The standard InChI is InChI=1S/C16H15NO3/c1-20-16-8-3-2-6-12(16)14(18)9-10-15(19)13-7-4-5-11-17-13/h2-8,11H,9-10H2,1H3. The van der Waals surface area contributed by atoms with Crippen molar-refractivity contribution in [2.24, 2.45) is 0 Å². The summed E-state index contributed by atoms with van der Waals surface area (Å²) < 4.78 is 5.14. The van der Waals surface area contributed by atoms with E-state index in [9.17, 15) is 9.59 Å². The number of nitrogens with zero attached hydrogens (tertiary/aromatic N) is 1. The Hall–Kier alpha value is -2.49. The van der Waals surface area contributed by atoms with Gasteiger partial charge in [-0.25, -0.2) is 0 Å². The molecule has 1 heterocycles. The van der Waals surface area contributed by atoms with E-state index in [0.717, 1.165) is 0 Å². The van der Waals surface area contributed by atoms with Crippen molar-refractivity contribution in [1.29, 1.82) is 0 Å². The highest BCUT2D eigenvalue weighted by Crippen LogP contribution is 2.19. The SMILES string of the molecule is COc1ccccc1C(=O)CCC(=O)c1ccccn1. The van der Waals surface area contributed by atoms with Crippen LogP contribution in [0.4, 0.5) is 0 Å². The van der Waals surface area contributed by atoms with Gasteiger partial charge < -0.3 is 4.74 Å². The first kappa shape index (κ1) is 13.9. The van der Waals surface area contributed by atoms with Crippen LogP contribution in [0.3, 0.4) is 0 Å². The molecule has 2 aromatic rings. The minimum atomic E-state index is -0.131. The van der Waals surface area contributed by atoms with Gasteiger partial charge in [0, 0.05) is 19.0 Å². The van der Waals surface area contributed by atoms with Crippen molar-refractivity contribution in [2.75, 3.05) is 7.11 Å². The maximum atomic E-state index is 12.1. The van der Waals surface area contributed by atoms with Gasteiger partial charge in [0.25, 0.3) is 0 Å². The lowest BCUT2D eigenvalue weighted by Gasteiger charge is -2.06. The number of ketones is 2. The number of aromatic nitrogens is 1. The van der Waals surface area contributed by atoms with E-state index in [4.69, 9.17) is 4.74 Å². The lowest BCUT2D eigenvalue weighted by molar-refractivity contribution is 0.0913. The minimum absolute atomic E-state index is 0.105. The fourth-order valence-electron chi connectivity index (χ4n) is 1.89. The monoisotopic (exact) mass is 269 g/mol. The molecule has 0 aliphatic rings. The molecule has 0 aliphatic heterocycles. The predicted octanol–water partition coefficient (Wildman–Crippen LogP) is 2.94. The molecule has 102 valence electrons. The van der Waals surface area contributed by atoms with Gasteiger partial charge in [0.2, 0.25) is 0 Å². The number of rotatable bonds is 6. The average molecular weight is 269 g/mol. The first-order chi connectivity index (χ1) is 9.72. The van der Waals surface area contributed by atoms with E-state index in [0.29, 0.717) is 17.0 Å². The summed E-state index contributed by atoms with van der Waals surface area (Å²) in [5.41, 5.74) is 0.893. The molecule has 0 spiro atoms. The zero-order chi connectivity index (χ0) is 14.4. The number of ether oxygens (including phenoxy) is 1. The second-order valence-corrected chi connectivity index (χ2v) is 4.26. The van der Waals surface area contributed by atoms with Crippen molar-refractivity contribution in [1.82, 2.24) is 4.98 Å². The van der Waals surface area contributed by atoms with Crippen molar-refractivity contribution in [3.8, 4) is 5.75 Å². The Balaban J connectivity index is 2.01. The van der Waals surface area contributed by atoms with E-state index in [-0.39, 0.29) is 24.4 Å². The fourth-order valence-corrected chi connectivity index (χ4v) is 1.89. The molecular weight excluding hydrogens is 254 g/mol. The van der Waals surface area contributed by atoms with E-state index < -0.39 is 0 Å². The average Bonchev–Trinajstić information content (AvgIpc) is 2.53. The highest BCUT2D eigenvalue weighted by atomic mass is 16.5. The summed E-state index contributed by atoms with van der Waals surface area (Å²) in [6, 6.07) is 12.2. The van der Waals surface area contributed by atoms with Crippen LogP contribution < -0.4 is 4.74 Å². The van der Waals surface area contributed by atoms with E-state index in [1.165, 1.54) is 7.11 Å². The van der Waals surface area contributed by atoms with Gasteiger partial charge in [0.1, 0.15) is 11.4 Å². The highest BCUT2D eigenvalue weighted by Gasteiger charge is 2.14. The van der Waals surface area contributed by atoms with Crippen molar-refractivity contribution in [2.45, 2.75) is 12.8 Å². The molecule has 20 heavy (non-hydrogen) atoms. The number of carbonyl (C=O) groups is 2. The number of hydrogen-bond acceptors (Lipinski definition) is 4. The van der Waals surface area contributed by atoms with Crippen molar-refractivity contribution >= 4 is 11.6 Å². The van der Waals surface area contributed by atoms with Crippen LogP contribution in [0.15, 0.2) is 48.7 Å². The largest absolute Gasteiger partial charge is 0.496 e. The summed E-state index contributed by atoms with van der Waals surface area (Å²) in [6.07, 6.45) is 1.86. The van der Waals surface area contributed by atoms with Crippen LogP contribution in [0.1, 0.15) is 33.7 Å². The van der Waals surface area contributed by atoms with Gasteiger partial charge in [-0.3, -0.25) is 14.6 Å². The molecule has 4 heteroatoms. The lowest BCUT2D eigenvalue weighted by atomic mass is 10.0. The summed E-state index contributed by atoms with van der Waals surface area (Å²) in [4.78, 5) is 28.0. The first-order valence-corrected chi connectivity index (χ1v) is 6.33. The van der Waals surface area contributed by atoms with Gasteiger partial charge in [-0.15, -0.1) is 0 Å². The van der Waals surface area contributed by atoms with Crippen LogP contribution in [0.25, 0.3) is 0 Å². The van der Waals surface area contributed by atoms with Gasteiger partial charge in [-0.1, -0.05) is 18.2 Å². The Morgan fingerprint density at radius 1 is 1.00 bits per heavy atom. The summed E-state index contributed by atoms with van der Waals surface area (Å²) in [5.74, 6) is 0.295. The summed E-state index contributed by atoms with van der Waals surface area (Å²) in [5, 5.41) is 0. The molecule has 0 atom stereocenters. The Morgan fingerprint density at radius 3 is 2.40 bits per heavy atom. The van der Waals surface area contributed by atoms with Crippen molar-refractivity contribution in [3.05, 3.63) is 59.9 Å². The van der Waals surface area contributed by atoms with E-state index in [1.54, 1.807) is 48.7 Å². The second-order valence-electron chi connectivity index (χ2n) is 4.26. The Morgan fingerprint density at radius 2 is 1.70 bits per heavy atom. The maximum Gasteiger partial charge on any atom is 0.181 e. The number of pyridine rings is 1. The molecule has 1 aromatic carbocycles. The normalized spacial score (nSPS) is 10.1. The number of para-hydroxylation sites is 1. The quantitative estimate of drug-likeness (QED) is 0.756. The van der Waals surface area contributed by atoms with Gasteiger partial charge in [0.05, 0.1) is 12.7 Å². The topological polar surface area (TPSA) is 56.3 Å². The van der Waals surface area contributed by atoms with Crippen LogP contribution in [0, 0.1) is 0 Å². The van der Waals surface area contributed by atoms with Crippen LogP contribution in [-0.4, -0.2) is 23.7 Å². The molecule has 0 bridgehead atoms.